The Bertz CT molecular complexity index is 5750. The molecule has 3 aliphatic carbocycles. The number of pyridine rings is 3. The Balaban J connectivity index is 0.000000114. The summed E-state index contributed by atoms with van der Waals surface area (Å²) in [5.74, 6) is 4.40. The lowest BCUT2D eigenvalue weighted by atomic mass is 9.78. The van der Waals surface area contributed by atoms with Gasteiger partial charge in [-0.2, -0.15) is 0 Å². The van der Waals surface area contributed by atoms with Crippen LogP contribution in [0, 0.1) is 0 Å². The standard InChI is InChI=1S/C30H29ClN6.C29H26ClN5O.C28H26ClN5O/c1-35-13-15-36(16-14-35)24-17-23(18-24)30-34-27(28-29(31)32-11-12-37(28)30)22-8-7-21-9-10-25(33-26(21)19-22)20-5-3-2-4-6-20;30-28-27-26(21-7-6-20-8-9-24(32-25(20)18-21)19-4-2-1-3-5-19)33-29(35(27)11-10-31-28)22-16-23(17-22)34-12-14-36-15-13-34;1-35-14-12-30-22-15-21(16-22)28-33-25(26-27(29)31-11-13-34(26)28)20-8-7-19-9-10-23(32-24(19)17-20)18-5-3-2-4-6-18/h2-12,19,23-24H,13-18H2,1H3;1-11,18,22-23H,12-17H2;2-11,13,17,21-22,30H,12,14-16H2,1H3. The van der Waals surface area contributed by atoms with Crippen LogP contribution < -0.4 is 5.32 Å². The van der Waals surface area contributed by atoms with Gasteiger partial charge in [0.25, 0.3) is 0 Å². The van der Waals surface area contributed by atoms with Crippen molar-refractivity contribution in [2.45, 2.75) is 74.4 Å². The van der Waals surface area contributed by atoms with Crippen molar-refractivity contribution in [3.63, 3.8) is 0 Å². The first-order valence-corrected chi connectivity index (χ1v) is 38.7. The molecular weight excluding hydrogens is 1410 g/mol. The van der Waals surface area contributed by atoms with Gasteiger partial charge < -0.3 is 19.7 Å². The van der Waals surface area contributed by atoms with E-state index in [1.807, 2.05) is 73.2 Å². The molecule has 5 aliphatic rings. The quantitative estimate of drug-likeness (QED) is 0.0961. The molecule has 21 heteroatoms. The topological polar surface area (TPSA) is 169 Å². The van der Waals surface area contributed by atoms with Gasteiger partial charge in [0.2, 0.25) is 0 Å². The van der Waals surface area contributed by atoms with Crippen LogP contribution >= 0.6 is 34.8 Å². The van der Waals surface area contributed by atoms with E-state index in [2.05, 4.69) is 183 Å². The predicted octanol–water partition coefficient (Wildman–Crippen LogP) is 17.3. The predicted molar refractivity (Wildman–Crippen MR) is 431 cm³/mol. The summed E-state index contributed by atoms with van der Waals surface area (Å²) in [6, 6.07) is 64.1. The van der Waals surface area contributed by atoms with Crippen LogP contribution in [-0.2, 0) is 9.47 Å². The monoisotopic (exact) mass is 1490 g/mol. The van der Waals surface area contributed by atoms with Gasteiger partial charge in [-0.15, -0.1) is 0 Å². The second-order valence-corrected chi connectivity index (χ2v) is 30.2. The molecule has 5 fully saturated rings. The molecule has 15 aromatic rings. The molecule has 6 aromatic carbocycles. The Hall–Kier alpha value is -9.96. The summed E-state index contributed by atoms with van der Waals surface area (Å²) < 4.78 is 17.1. The number of nitrogens with zero attached hydrogens (tertiary/aromatic N) is 15. The molecule has 0 unspecified atom stereocenters. The number of nitrogens with one attached hydrogen (secondary N) is 1. The van der Waals surface area contributed by atoms with Crippen LogP contribution in [0.4, 0.5) is 0 Å². The van der Waals surface area contributed by atoms with Crippen molar-refractivity contribution >= 4 is 84.1 Å². The number of piperazine rings is 1. The smallest absolute Gasteiger partial charge is 0.155 e. The third kappa shape index (κ3) is 14.0. The van der Waals surface area contributed by atoms with E-state index in [0.717, 1.165) is 238 Å². The summed E-state index contributed by atoms with van der Waals surface area (Å²) in [4.78, 5) is 51.2. The molecule has 2 aliphatic heterocycles. The van der Waals surface area contributed by atoms with Crippen molar-refractivity contribution in [1.29, 1.82) is 0 Å². The van der Waals surface area contributed by atoms with E-state index in [4.69, 9.17) is 74.2 Å². The van der Waals surface area contributed by atoms with Gasteiger partial charge >= 0.3 is 0 Å². The zero-order valence-corrected chi connectivity index (χ0v) is 62.5. The minimum Gasteiger partial charge on any atom is -0.383 e. The maximum atomic E-state index is 6.68. The number of likely N-dealkylation sites (N-methyl/N-ethyl adjacent to an activating group) is 1. The molecular formula is C87H81Cl3N16O2. The molecule has 0 bridgehead atoms. The SMILES string of the molecule is CN1CCN(C2CC(c3nc(-c4ccc5ccc(-c6ccccc6)nc5c4)c4c(Cl)nccn34)C2)CC1.COCCNC1CC(c2nc(-c3ccc4ccc(-c5ccccc5)nc4c3)c3c(Cl)nccn23)C1.Clc1nccn2c(C3CC(N4CCOCC4)C3)nc(-c3ccc4ccc(-c5ccccc5)nc4c3)c12. The molecule has 542 valence electrons. The van der Waals surface area contributed by atoms with Crippen LogP contribution in [0.3, 0.4) is 0 Å². The van der Waals surface area contributed by atoms with Crippen molar-refractivity contribution < 1.29 is 9.47 Å². The Labute approximate surface area is 641 Å². The zero-order valence-electron chi connectivity index (χ0n) is 60.2. The van der Waals surface area contributed by atoms with E-state index in [9.17, 15) is 0 Å². The molecule has 20 rings (SSSR count). The van der Waals surface area contributed by atoms with Crippen molar-refractivity contribution in [3.05, 3.63) is 252 Å². The second-order valence-electron chi connectivity index (χ2n) is 29.1. The largest absolute Gasteiger partial charge is 0.383 e. The number of hydrogen-bond donors (Lipinski definition) is 1. The average Bonchev–Trinajstić information content (AvgIpc) is 1.60. The molecule has 0 spiro atoms. The van der Waals surface area contributed by atoms with Crippen molar-refractivity contribution in [2.24, 2.45) is 0 Å². The van der Waals surface area contributed by atoms with Gasteiger partial charge in [0, 0.05) is 176 Å². The molecule has 18 nitrogen and oxygen atoms in total. The fourth-order valence-electron chi connectivity index (χ4n) is 16.3. The van der Waals surface area contributed by atoms with Gasteiger partial charge in [0.15, 0.2) is 15.5 Å². The molecule has 9 aromatic heterocycles. The van der Waals surface area contributed by atoms with Gasteiger partial charge in [-0.25, -0.2) is 44.9 Å². The Morgan fingerprint density at radius 2 is 0.759 bits per heavy atom. The Morgan fingerprint density at radius 1 is 0.407 bits per heavy atom. The zero-order chi connectivity index (χ0) is 72.8. The summed E-state index contributed by atoms with van der Waals surface area (Å²) in [6.07, 6.45) is 17.8. The van der Waals surface area contributed by atoms with Crippen LogP contribution in [0.2, 0.25) is 15.5 Å². The Morgan fingerprint density at radius 3 is 1.13 bits per heavy atom. The fraction of sp³-hybridized carbons (Fsp3) is 0.276. The number of imidazole rings is 3. The van der Waals surface area contributed by atoms with Crippen LogP contribution in [0.1, 0.15) is 73.8 Å². The summed E-state index contributed by atoms with van der Waals surface area (Å²) >= 11 is 19.9. The number of aromatic nitrogens is 12. The van der Waals surface area contributed by atoms with Crippen molar-refractivity contribution in [1.82, 2.24) is 78.1 Å². The lowest BCUT2D eigenvalue weighted by Gasteiger charge is -2.45. The first-order chi connectivity index (χ1) is 53.1. The fourth-order valence-corrected chi connectivity index (χ4v) is 17.0. The molecule has 108 heavy (non-hydrogen) atoms. The van der Waals surface area contributed by atoms with Crippen molar-refractivity contribution in [3.8, 4) is 67.5 Å². The first kappa shape index (κ1) is 69.8. The summed E-state index contributed by atoms with van der Waals surface area (Å²) in [7, 11) is 3.94. The van der Waals surface area contributed by atoms with Gasteiger partial charge in [-0.1, -0.05) is 180 Å². The van der Waals surface area contributed by atoms with Crippen LogP contribution in [0.5, 0.6) is 0 Å². The molecule has 11 heterocycles. The average molecular weight is 1490 g/mol. The molecule has 3 saturated carbocycles. The molecule has 0 amide bonds. The number of fused-ring (bicyclic) bond motifs is 6. The van der Waals surface area contributed by atoms with Crippen LogP contribution in [0.25, 0.3) is 117 Å². The minimum atomic E-state index is 0.373. The normalized spacial score (nSPS) is 19.8. The van der Waals surface area contributed by atoms with E-state index >= 15 is 0 Å². The highest BCUT2D eigenvalue weighted by atomic mass is 35.5. The lowest BCUT2D eigenvalue weighted by Crippen LogP contribution is -2.52. The van der Waals surface area contributed by atoms with Gasteiger partial charge in [-0.3, -0.25) is 23.0 Å². The number of hydrogen-bond acceptors (Lipinski definition) is 15. The number of methoxy groups -OCH3 is 1. The minimum absolute atomic E-state index is 0.373. The van der Waals surface area contributed by atoms with Gasteiger partial charge in [0.05, 0.1) is 70.5 Å². The van der Waals surface area contributed by atoms with Gasteiger partial charge in [-0.05, 0) is 82.0 Å². The first-order valence-electron chi connectivity index (χ1n) is 37.5. The highest BCUT2D eigenvalue weighted by Gasteiger charge is 2.40. The van der Waals surface area contributed by atoms with E-state index in [1.54, 1.807) is 25.7 Å². The van der Waals surface area contributed by atoms with E-state index in [1.165, 1.54) is 0 Å². The highest BCUT2D eigenvalue weighted by molar-refractivity contribution is 6.34. The number of benzene rings is 6. The van der Waals surface area contributed by atoms with Crippen molar-refractivity contribution in [2.75, 3.05) is 79.8 Å². The van der Waals surface area contributed by atoms with Crippen LogP contribution in [0.15, 0.2) is 219 Å². The van der Waals surface area contributed by atoms with E-state index < -0.39 is 0 Å². The van der Waals surface area contributed by atoms with Gasteiger partial charge in [0.1, 0.15) is 34.0 Å². The Kier molecular flexibility index (Phi) is 19.8. The number of ether oxygens (including phenoxy) is 2. The summed E-state index contributed by atoms with van der Waals surface area (Å²) in [6.45, 7) is 9.93. The molecule has 0 radical (unpaired) electrons. The number of morpholine rings is 1. The van der Waals surface area contributed by atoms with E-state index in [0.29, 0.717) is 51.3 Å². The molecule has 0 atom stereocenters. The lowest BCUT2D eigenvalue weighted by molar-refractivity contribution is -0.00778. The summed E-state index contributed by atoms with van der Waals surface area (Å²) in [5, 5.41) is 8.25. The second kappa shape index (κ2) is 30.6. The van der Waals surface area contributed by atoms with Crippen LogP contribution in [-0.4, -0.2) is 171 Å². The highest BCUT2D eigenvalue weighted by Crippen LogP contribution is 2.46. The molecule has 1 N–H and O–H groups in total. The maximum Gasteiger partial charge on any atom is 0.155 e. The molecule has 2 saturated heterocycles. The number of rotatable bonds is 15. The summed E-state index contributed by atoms with van der Waals surface area (Å²) in [5.41, 5.74) is 17.2. The maximum absolute atomic E-state index is 6.68. The third-order valence-electron chi connectivity index (χ3n) is 22.5. The number of halogens is 3. The third-order valence-corrected chi connectivity index (χ3v) is 23.4. The van der Waals surface area contributed by atoms with E-state index in [-0.39, 0.29) is 0 Å².